The van der Waals surface area contributed by atoms with Crippen molar-refractivity contribution in [2.45, 2.75) is 183 Å². The van der Waals surface area contributed by atoms with Crippen LogP contribution in [0.4, 0.5) is 4.79 Å². The Morgan fingerprint density at radius 1 is 0.971 bits per heavy atom. The molecule has 70 heavy (non-hydrogen) atoms. The first-order valence-corrected chi connectivity index (χ1v) is 27.9. The number of amides is 3. The molecule has 2 N–H and O–H groups in total. The van der Waals surface area contributed by atoms with Crippen molar-refractivity contribution in [1.29, 1.82) is 0 Å². The number of nitrogens with one attached hydrogen (secondary N) is 2. The van der Waals surface area contributed by atoms with E-state index in [1.807, 2.05) is 32.2 Å². The van der Waals surface area contributed by atoms with Gasteiger partial charge >= 0.3 is 12.1 Å². The highest BCUT2D eigenvalue weighted by atomic mass is 28.4. The summed E-state index contributed by atoms with van der Waals surface area (Å²) in [6.45, 7) is 32.4. The first kappa shape index (κ1) is 54.1. The van der Waals surface area contributed by atoms with Gasteiger partial charge in [0.1, 0.15) is 29.5 Å². The third-order valence-electron chi connectivity index (χ3n) is 14.3. The molecule has 2 aliphatic rings. The molecule has 1 fully saturated rings. The zero-order chi connectivity index (χ0) is 51.6. The molecule has 3 amide bonds. The number of hydrogen-bond acceptors (Lipinski definition) is 9. The lowest BCUT2D eigenvalue weighted by Crippen LogP contribution is -2.62. The second kappa shape index (κ2) is 21.6. The summed E-state index contributed by atoms with van der Waals surface area (Å²) >= 11 is 0. The molecule has 6 bridgehead atoms. The minimum absolute atomic E-state index is 0.0987. The second-order valence-corrected chi connectivity index (χ2v) is 28.1. The van der Waals surface area contributed by atoms with Crippen LogP contribution in [0.1, 0.15) is 134 Å². The van der Waals surface area contributed by atoms with Crippen molar-refractivity contribution in [3.05, 3.63) is 71.5 Å². The SMILES string of the molecule is CCc1ncccc1-c1c2c3cc(ccc3n1CC)-c1cc(cc(O[Si](C(C)C)(C(C)C)C(C)C)c1)C[C@H](NC(=O)[C@H](C(C)C)N(C)C(=O)OC(C)(C)C)C(=O)N1CCC[C@H](N1)C(=O)OCC(C)(C)C2. The highest BCUT2D eigenvalue weighted by molar-refractivity contribution is 6.78. The van der Waals surface area contributed by atoms with Gasteiger partial charge in [0.05, 0.1) is 12.3 Å². The zero-order valence-corrected chi connectivity index (χ0v) is 46.0. The second-order valence-electron chi connectivity index (χ2n) is 22.7. The quantitative estimate of drug-likeness (QED) is 0.105. The Morgan fingerprint density at radius 3 is 2.27 bits per heavy atom. The molecule has 0 radical (unpaired) electrons. The molecule has 2 aromatic carbocycles. The fourth-order valence-electron chi connectivity index (χ4n) is 11.2. The van der Waals surface area contributed by atoms with Crippen LogP contribution in [0.2, 0.25) is 16.6 Å². The molecule has 0 spiro atoms. The first-order valence-electron chi connectivity index (χ1n) is 25.7. The fourth-order valence-corrected chi connectivity index (χ4v) is 16.4. The van der Waals surface area contributed by atoms with E-state index in [4.69, 9.17) is 18.9 Å². The van der Waals surface area contributed by atoms with Gasteiger partial charge in [-0.25, -0.2) is 10.2 Å². The highest BCUT2D eigenvalue weighted by Crippen LogP contribution is 2.45. The molecule has 0 unspecified atom stereocenters. The minimum atomic E-state index is -2.50. The normalized spacial score (nSPS) is 18.5. The van der Waals surface area contributed by atoms with Crippen LogP contribution in [-0.4, -0.2) is 95.6 Å². The van der Waals surface area contributed by atoms with Gasteiger partial charge < -0.3 is 23.8 Å². The Morgan fingerprint density at radius 2 is 1.66 bits per heavy atom. The van der Waals surface area contributed by atoms with Gasteiger partial charge in [-0.1, -0.05) is 88.3 Å². The standard InChI is InChI=1S/C56H82N6O7Si/c1-17-45-42(21-19-25-57-45)50-44-32-56(14,15)33-67-53(65)46-22-20-26-62(59-46)52(64)47(58-51(63)49(34(3)4)60(16)54(66)68-55(11,12)13)29-38-27-40(39-23-24-48(43(44)31-39)61(50)18-2)30-41(28-38)69-70(35(5)6,36(7)8)37(9)10/h19,21,23-25,27-28,30-31,34-37,46-47,49,59H,17-18,20,22,26,29,32-33H2,1-16H3,(H,58,63)/t46-,47-,49-/m0/s1. The molecule has 3 atom stereocenters. The van der Waals surface area contributed by atoms with E-state index in [-0.39, 0.29) is 18.9 Å². The van der Waals surface area contributed by atoms with Gasteiger partial charge in [-0.3, -0.25) is 29.3 Å². The van der Waals surface area contributed by atoms with Crippen molar-refractivity contribution in [1.82, 2.24) is 30.2 Å². The van der Waals surface area contributed by atoms with E-state index in [2.05, 4.69) is 121 Å². The molecule has 0 saturated carbocycles. The van der Waals surface area contributed by atoms with Crippen molar-refractivity contribution in [3.63, 3.8) is 0 Å². The van der Waals surface area contributed by atoms with Crippen LogP contribution >= 0.6 is 0 Å². The Bertz CT molecular complexity index is 2520. The predicted octanol–water partition coefficient (Wildman–Crippen LogP) is 11.0. The van der Waals surface area contributed by atoms with E-state index in [9.17, 15) is 14.4 Å². The summed E-state index contributed by atoms with van der Waals surface area (Å²) in [4.78, 5) is 63.4. The summed E-state index contributed by atoms with van der Waals surface area (Å²) in [5.74, 6) is -0.942. The summed E-state index contributed by atoms with van der Waals surface area (Å²) in [5, 5.41) is 5.67. The Hall–Kier alpha value is -5.21. The molecular formula is C56H82N6O7Si. The number of ether oxygens (including phenoxy) is 2. The Balaban J connectivity index is 1.61. The number of nitrogens with zero attached hydrogens (tertiary/aromatic N) is 4. The molecular weight excluding hydrogens is 897 g/mol. The number of carbonyl (C=O) groups is 4. The number of hydrazine groups is 1. The van der Waals surface area contributed by atoms with Crippen LogP contribution in [0.25, 0.3) is 33.3 Å². The number of benzene rings is 2. The van der Waals surface area contributed by atoms with Crippen LogP contribution in [0, 0.1) is 11.3 Å². The molecule has 13 nitrogen and oxygen atoms in total. The average molecular weight is 979 g/mol. The van der Waals surface area contributed by atoms with E-state index in [1.165, 1.54) is 9.91 Å². The number of rotatable bonds is 12. The van der Waals surface area contributed by atoms with Gasteiger partial charge in [-0.05, 0) is 135 Å². The zero-order valence-electron chi connectivity index (χ0n) is 45.0. The summed E-state index contributed by atoms with van der Waals surface area (Å²) in [6.07, 6.45) is 3.72. The molecule has 2 aromatic heterocycles. The van der Waals surface area contributed by atoms with E-state index < -0.39 is 61.3 Å². The van der Waals surface area contributed by atoms with E-state index in [1.54, 1.807) is 27.8 Å². The maximum atomic E-state index is 15.1. The molecule has 1 saturated heterocycles. The number of esters is 1. The maximum absolute atomic E-state index is 15.1. The number of fused-ring (bicyclic) bond motifs is 6. The largest absolute Gasteiger partial charge is 0.543 e. The van der Waals surface area contributed by atoms with Gasteiger partial charge in [0, 0.05) is 60.3 Å². The number of pyridine rings is 1. The van der Waals surface area contributed by atoms with Crippen LogP contribution in [0.5, 0.6) is 5.75 Å². The number of likely N-dealkylation sites (N-methyl/N-ethyl adjacent to an activating group) is 1. The fraction of sp³-hybridized carbons (Fsp3) is 0.589. The topological polar surface area (TPSA) is 144 Å². The minimum Gasteiger partial charge on any atom is -0.543 e. The summed E-state index contributed by atoms with van der Waals surface area (Å²) in [7, 11) is -0.952. The van der Waals surface area contributed by atoms with Gasteiger partial charge in [0.15, 0.2) is 0 Å². The molecule has 6 rings (SSSR count). The summed E-state index contributed by atoms with van der Waals surface area (Å²) in [5.41, 5.74) is 11.0. The highest BCUT2D eigenvalue weighted by Gasteiger charge is 2.47. The Kier molecular flexibility index (Phi) is 16.7. The number of aromatic nitrogens is 2. The van der Waals surface area contributed by atoms with Crippen LogP contribution in [-0.2, 0) is 49.7 Å². The molecule has 0 aliphatic carbocycles. The average Bonchev–Trinajstić information content (AvgIpc) is 3.59. The lowest BCUT2D eigenvalue weighted by atomic mass is 9.84. The summed E-state index contributed by atoms with van der Waals surface area (Å²) in [6, 6.07) is 14.3. The van der Waals surface area contributed by atoms with E-state index in [0.717, 1.165) is 68.8 Å². The summed E-state index contributed by atoms with van der Waals surface area (Å²) < 4.78 is 21.7. The molecule has 2 aliphatic heterocycles. The number of cyclic esters (lactones) is 1. The van der Waals surface area contributed by atoms with Crippen LogP contribution in [0.15, 0.2) is 54.7 Å². The molecule has 4 heterocycles. The monoisotopic (exact) mass is 979 g/mol. The van der Waals surface area contributed by atoms with Gasteiger partial charge in [0.25, 0.3) is 14.2 Å². The molecule has 14 heteroatoms. The van der Waals surface area contributed by atoms with Crippen molar-refractivity contribution < 1.29 is 33.1 Å². The van der Waals surface area contributed by atoms with E-state index in [0.29, 0.717) is 42.4 Å². The molecule has 382 valence electrons. The third-order valence-corrected chi connectivity index (χ3v) is 20.3. The lowest BCUT2D eigenvalue weighted by molar-refractivity contribution is -0.155. The lowest BCUT2D eigenvalue weighted by Gasteiger charge is -2.42. The maximum Gasteiger partial charge on any atom is 0.410 e. The van der Waals surface area contributed by atoms with Gasteiger partial charge in [-0.15, -0.1) is 0 Å². The first-order chi connectivity index (χ1) is 32.8. The van der Waals surface area contributed by atoms with Crippen molar-refractivity contribution in [2.24, 2.45) is 11.3 Å². The number of carbonyl (C=O) groups excluding carboxylic acids is 4. The third kappa shape index (κ3) is 11.6. The van der Waals surface area contributed by atoms with Crippen LogP contribution in [0.3, 0.4) is 0 Å². The van der Waals surface area contributed by atoms with Gasteiger partial charge in [0.2, 0.25) is 5.91 Å². The number of hydrogen-bond donors (Lipinski definition) is 2. The predicted molar refractivity (Wildman–Crippen MR) is 282 cm³/mol. The van der Waals surface area contributed by atoms with Gasteiger partial charge in [-0.2, -0.15) is 0 Å². The number of aryl methyl sites for hydroxylation is 2. The molecule has 4 aromatic rings. The Labute approximate surface area is 418 Å². The van der Waals surface area contributed by atoms with Crippen molar-refractivity contribution in [2.75, 3.05) is 20.2 Å². The van der Waals surface area contributed by atoms with Crippen molar-refractivity contribution >= 4 is 43.1 Å². The smallest absolute Gasteiger partial charge is 0.410 e. The van der Waals surface area contributed by atoms with Crippen molar-refractivity contribution in [3.8, 4) is 28.1 Å². The van der Waals surface area contributed by atoms with E-state index >= 15 is 4.79 Å². The van der Waals surface area contributed by atoms with Crippen LogP contribution < -0.4 is 15.2 Å².